The lowest BCUT2D eigenvalue weighted by Crippen LogP contribution is -2.07. The van der Waals surface area contributed by atoms with Gasteiger partial charge in [-0.3, -0.25) is 4.79 Å². The Hall–Kier alpha value is -2.24. The molecular formula is C12H11FN2O3. The molecule has 0 saturated carbocycles. The molecule has 0 atom stereocenters. The van der Waals surface area contributed by atoms with Crippen molar-refractivity contribution in [3.05, 3.63) is 36.0 Å². The van der Waals surface area contributed by atoms with Crippen molar-refractivity contribution in [1.82, 2.24) is 10.2 Å². The van der Waals surface area contributed by atoms with Gasteiger partial charge in [-0.1, -0.05) is 6.07 Å². The summed E-state index contributed by atoms with van der Waals surface area (Å²) in [5.41, 5.74) is 0.470. The van der Waals surface area contributed by atoms with Crippen LogP contribution in [0.4, 0.5) is 4.39 Å². The summed E-state index contributed by atoms with van der Waals surface area (Å²) in [7, 11) is 0. The molecule has 1 heterocycles. The van der Waals surface area contributed by atoms with Crippen molar-refractivity contribution >= 4 is 5.97 Å². The van der Waals surface area contributed by atoms with E-state index >= 15 is 0 Å². The summed E-state index contributed by atoms with van der Waals surface area (Å²) in [6.45, 7) is 2.01. The number of benzene rings is 1. The number of halogens is 1. The van der Waals surface area contributed by atoms with E-state index in [-0.39, 0.29) is 18.2 Å². The van der Waals surface area contributed by atoms with Gasteiger partial charge in [-0.15, -0.1) is 10.2 Å². The third-order valence-electron chi connectivity index (χ3n) is 2.14. The lowest BCUT2D eigenvalue weighted by atomic mass is 10.2. The lowest BCUT2D eigenvalue weighted by molar-refractivity contribution is -0.142. The zero-order valence-corrected chi connectivity index (χ0v) is 9.72. The largest absolute Gasteiger partial charge is 0.466 e. The van der Waals surface area contributed by atoms with Crippen molar-refractivity contribution in [1.29, 1.82) is 0 Å². The molecule has 0 aliphatic rings. The van der Waals surface area contributed by atoms with E-state index in [0.29, 0.717) is 12.2 Å². The predicted octanol–water partition coefficient (Wildman–Crippen LogP) is 1.98. The van der Waals surface area contributed by atoms with Gasteiger partial charge in [0, 0.05) is 5.56 Å². The van der Waals surface area contributed by atoms with E-state index in [9.17, 15) is 9.18 Å². The van der Waals surface area contributed by atoms with Crippen LogP contribution in [0.5, 0.6) is 0 Å². The second-order valence-corrected chi connectivity index (χ2v) is 3.49. The van der Waals surface area contributed by atoms with E-state index in [4.69, 9.17) is 9.15 Å². The molecule has 18 heavy (non-hydrogen) atoms. The number of aromatic nitrogens is 2. The molecule has 1 aromatic heterocycles. The quantitative estimate of drug-likeness (QED) is 0.776. The number of rotatable bonds is 4. The Morgan fingerprint density at radius 2 is 2.28 bits per heavy atom. The Kier molecular flexibility index (Phi) is 3.66. The molecule has 2 rings (SSSR count). The summed E-state index contributed by atoms with van der Waals surface area (Å²) < 4.78 is 23.0. The Balaban J connectivity index is 2.13. The van der Waals surface area contributed by atoms with Crippen molar-refractivity contribution in [2.24, 2.45) is 0 Å². The SMILES string of the molecule is CCOC(=O)Cc1nnc(-c2cccc(F)c2)o1. The fourth-order valence-corrected chi connectivity index (χ4v) is 1.40. The molecule has 0 radical (unpaired) electrons. The zero-order chi connectivity index (χ0) is 13.0. The summed E-state index contributed by atoms with van der Waals surface area (Å²) in [6.07, 6.45) is -0.0871. The minimum atomic E-state index is -0.438. The first-order valence-corrected chi connectivity index (χ1v) is 5.43. The highest BCUT2D eigenvalue weighted by Crippen LogP contribution is 2.18. The van der Waals surface area contributed by atoms with Crippen LogP contribution in [0.3, 0.4) is 0 Å². The van der Waals surface area contributed by atoms with Crippen molar-refractivity contribution in [3.63, 3.8) is 0 Å². The Bertz CT molecular complexity index is 554. The topological polar surface area (TPSA) is 65.2 Å². The lowest BCUT2D eigenvalue weighted by Gasteiger charge is -1.97. The van der Waals surface area contributed by atoms with Gasteiger partial charge < -0.3 is 9.15 Å². The van der Waals surface area contributed by atoms with Crippen LogP contribution in [-0.2, 0) is 16.0 Å². The minimum absolute atomic E-state index is 0.0871. The van der Waals surface area contributed by atoms with Crippen LogP contribution < -0.4 is 0 Å². The number of nitrogens with zero attached hydrogens (tertiary/aromatic N) is 2. The maximum absolute atomic E-state index is 13.0. The molecule has 0 N–H and O–H groups in total. The number of hydrogen-bond acceptors (Lipinski definition) is 5. The number of ether oxygens (including phenoxy) is 1. The van der Waals surface area contributed by atoms with E-state index in [2.05, 4.69) is 10.2 Å². The Morgan fingerprint density at radius 1 is 1.44 bits per heavy atom. The maximum Gasteiger partial charge on any atom is 0.315 e. The standard InChI is InChI=1S/C12H11FN2O3/c1-2-17-11(16)7-10-14-15-12(18-10)8-4-3-5-9(13)6-8/h3-6H,2,7H2,1H3. The highest BCUT2D eigenvalue weighted by molar-refractivity contribution is 5.71. The zero-order valence-electron chi connectivity index (χ0n) is 9.72. The van der Waals surface area contributed by atoms with Crippen LogP contribution in [0.1, 0.15) is 12.8 Å². The van der Waals surface area contributed by atoms with Crippen LogP contribution in [-0.4, -0.2) is 22.8 Å². The van der Waals surface area contributed by atoms with Gasteiger partial charge in [-0.25, -0.2) is 4.39 Å². The number of esters is 1. The third-order valence-corrected chi connectivity index (χ3v) is 2.14. The van der Waals surface area contributed by atoms with E-state index in [0.717, 1.165) is 0 Å². The molecule has 0 bridgehead atoms. The first kappa shape index (κ1) is 12.2. The van der Waals surface area contributed by atoms with Crippen LogP contribution in [0.15, 0.2) is 28.7 Å². The number of carbonyl (C=O) groups excluding carboxylic acids is 1. The monoisotopic (exact) mass is 250 g/mol. The van der Waals surface area contributed by atoms with Gasteiger partial charge in [0.05, 0.1) is 6.61 Å². The first-order chi connectivity index (χ1) is 8.69. The summed E-state index contributed by atoms with van der Waals surface area (Å²) in [5.74, 6) is -0.508. The van der Waals surface area contributed by atoms with Gasteiger partial charge in [-0.05, 0) is 25.1 Å². The smallest absolute Gasteiger partial charge is 0.315 e. The summed E-state index contributed by atoms with van der Waals surface area (Å²) in [5, 5.41) is 7.45. The predicted molar refractivity (Wildman–Crippen MR) is 60.0 cm³/mol. The molecule has 5 nitrogen and oxygen atoms in total. The summed E-state index contributed by atoms with van der Waals surface area (Å²) in [4.78, 5) is 11.2. The van der Waals surface area contributed by atoms with E-state index in [1.165, 1.54) is 12.1 Å². The molecule has 94 valence electrons. The van der Waals surface area contributed by atoms with Crippen LogP contribution in [0, 0.1) is 5.82 Å². The van der Waals surface area contributed by atoms with Gasteiger partial charge in [0.2, 0.25) is 11.8 Å². The maximum atomic E-state index is 13.0. The Labute approximate surface area is 103 Å². The van der Waals surface area contributed by atoms with Gasteiger partial charge in [-0.2, -0.15) is 0 Å². The molecule has 0 spiro atoms. The van der Waals surface area contributed by atoms with Gasteiger partial charge >= 0.3 is 5.97 Å². The molecule has 0 aliphatic heterocycles. The fourth-order valence-electron chi connectivity index (χ4n) is 1.40. The molecule has 0 fully saturated rings. The molecule has 0 saturated heterocycles. The summed E-state index contributed by atoms with van der Waals surface area (Å²) in [6, 6.07) is 5.78. The van der Waals surface area contributed by atoms with Crippen molar-refractivity contribution < 1.29 is 18.3 Å². The van der Waals surface area contributed by atoms with Gasteiger partial charge in [0.25, 0.3) is 0 Å². The molecule has 0 aliphatic carbocycles. The van der Waals surface area contributed by atoms with Gasteiger partial charge in [0.1, 0.15) is 12.2 Å². The molecule has 2 aromatic rings. The van der Waals surface area contributed by atoms with Crippen LogP contribution in [0.25, 0.3) is 11.5 Å². The van der Waals surface area contributed by atoms with Crippen LogP contribution in [0.2, 0.25) is 0 Å². The van der Waals surface area contributed by atoms with E-state index < -0.39 is 11.8 Å². The first-order valence-electron chi connectivity index (χ1n) is 5.43. The number of carbonyl (C=O) groups is 1. The molecule has 0 amide bonds. The summed E-state index contributed by atoms with van der Waals surface area (Å²) >= 11 is 0. The molecule has 1 aromatic carbocycles. The Morgan fingerprint density at radius 3 is 3.00 bits per heavy atom. The van der Waals surface area contributed by atoms with Gasteiger partial charge in [0.15, 0.2) is 0 Å². The average molecular weight is 250 g/mol. The van der Waals surface area contributed by atoms with Crippen LogP contribution >= 0.6 is 0 Å². The normalized spacial score (nSPS) is 10.3. The number of hydrogen-bond donors (Lipinski definition) is 0. The van der Waals surface area contributed by atoms with E-state index in [1.807, 2.05) is 0 Å². The second-order valence-electron chi connectivity index (χ2n) is 3.49. The third kappa shape index (κ3) is 2.91. The fraction of sp³-hybridized carbons (Fsp3) is 0.250. The van der Waals surface area contributed by atoms with Crippen molar-refractivity contribution in [3.8, 4) is 11.5 Å². The highest BCUT2D eigenvalue weighted by Gasteiger charge is 2.13. The highest BCUT2D eigenvalue weighted by atomic mass is 19.1. The van der Waals surface area contributed by atoms with Crippen molar-refractivity contribution in [2.75, 3.05) is 6.61 Å². The molecule has 6 heteroatoms. The second kappa shape index (κ2) is 5.39. The van der Waals surface area contributed by atoms with Crippen molar-refractivity contribution in [2.45, 2.75) is 13.3 Å². The average Bonchev–Trinajstić information content (AvgIpc) is 2.78. The molecular weight excluding hydrogens is 239 g/mol. The van der Waals surface area contributed by atoms with E-state index in [1.54, 1.807) is 19.1 Å². The minimum Gasteiger partial charge on any atom is -0.466 e. The molecule has 0 unspecified atom stereocenters.